The molecule has 1 aliphatic heterocycles. The monoisotopic (exact) mass is 360 g/mol. The van der Waals surface area contributed by atoms with Gasteiger partial charge >= 0.3 is 0 Å². The summed E-state index contributed by atoms with van der Waals surface area (Å²) in [6.07, 6.45) is 2.06. The van der Waals surface area contributed by atoms with Crippen molar-refractivity contribution >= 4 is 16.6 Å². The van der Waals surface area contributed by atoms with Crippen LogP contribution in [0.15, 0.2) is 54.6 Å². The van der Waals surface area contributed by atoms with Crippen molar-refractivity contribution in [1.29, 1.82) is 5.26 Å². The second-order valence-corrected chi connectivity index (χ2v) is 7.01. The summed E-state index contributed by atoms with van der Waals surface area (Å²) in [5, 5.41) is 13.9. The normalized spacial score (nSPS) is 15.6. The van der Waals surface area contributed by atoms with Gasteiger partial charge in [0.1, 0.15) is 17.6 Å². The summed E-state index contributed by atoms with van der Waals surface area (Å²) in [5.41, 5.74) is 3.40. The van der Waals surface area contributed by atoms with Crippen molar-refractivity contribution in [3.05, 3.63) is 71.7 Å². The predicted octanol–water partition coefficient (Wildman–Crippen LogP) is 4.32. The fourth-order valence-electron chi connectivity index (χ4n) is 3.66. The predicted molar refractivity (Wildman–Crippen MR) is 105 cm³/mol. The standard InChI is InChI=1S/C22H21FN4/c23-17-7-5-16(6-8-17)15-27-11-9-18(10-12-27)25-22-13-19(14-24)26-21-4-2-1-3-20(21)22/h1-8,13,18H,9-12,15H2,(H,25,26). The van der Waals surface area contributed by atoms with E-state index in [1.54, 1.807) is 0 Å². The molecule has 27 heavy (non-hydrogen) atoms. The Morgan fingerprint density at radius 2 is 1.85 bits per heavy atom. The Bertz CT molecular complexity index is 970. The summed E-state index contributed by atoms with van der Waals surface area (Å²) >= 11 is 0. The molecule has 2 aromatic carbocycles. The third-order valence-electron chi connectivity index (χ3n) is 5.10. The number of halogens is 1. The van der Waals surface area contributed by atoms with Gasteiger partial charge in [-0.2, -0.15) is 5.26 Å². The van der Waals surface area contributed by atoms with E-state index < -0.39 is 0 Å². The van der Waals surface area contributed by atoms with E-state index in [-0.39, 0.29) is 5.82 Å². The minimum Gasteiger partial charge on any atom is -0.382 e. The van der Waals surface area contributed by atoms with Crippen molar-refractivity contribution in [3.8, 4) is 6.07 Å². The second kappa shape index (κ2) is 7.73. The fraction of sp³-hybridized carbons (Fsp3) is 0.273. The summed E-state index contributed by atoms with van der Waals surface area (Å²) in [4.78, 5) is 6.78. The van der Waals surface area contributed by atoms with Gasteiger partial charge in [0.15, 0.2) is 0 Å². The molecule has 1 N–H and O–H groups in total. The number of rotatable bonds is 4. The van der Waals surface area contributed by atoms with Crippen LogP contribution >= 0.6 is 0 Å². The summed E-state index contributed by atoms with van der Waals surface area (Å²) in [6, 6.07) is 19.0. The van der Waals surface area contributed by atoms with E-state index >= 15 is 0 Å². The first-order valence-corrected chi connectivity index (χ1v) is 9.24. The molecule has 0 bridgehead atoms. The van der Waals surface area contributed by atoms with Gasteiger partial charge in [-0.15, -0.1) is 0 Å². The maximum Gasteiger partial charge on any atom is 0.143 e. The highest BCUT2D eigenvalue weighted by Gasteiger charge is 2.20. The number of anilines is 1. The lowest BCUT2D eigenvalue weighted by atomic mass is 10.0. The zero-order chi connectivity index (χ0) is 18.6. The molecule has 0 spiro atoms. The van der Waals surface area contributed by atoms with E-state index in [1.807, 2.05) is 42.5 Å². The van der Waals surface area contributed by atoms with Gasteiger partial charge in [0.05, 0.1) is 5.52 Å². The molecule has 136 valence electrons. The van der Waals surface area contributed by atoms with E-state index in [2.05, 4.69) is 21.3 Å². The largest absolute Gasteiger partial charge is 0.382 e. The van der Waals surface area contributed by atoms with E-state index in [0.29, 0.717) is 11.7 Å². The van der Waals surface area contributed by atoms with Gasteiger partial charge in [0.25, 0.3) is 0 Å². The molecule has 1 aromatic heterocycles. The molecular formula is C22H21FN4. The van der Waals surface area contributed by atoms with E-state index in [4.69, 9.17) is 0 Å². The molecule has 0 amide bonds. The molecule has 4 nitrogen and oxygen atoms in total. The van der Waals surface area contributed by atoms with Gasteiger partial charge in [0.2, 0.25) is 0 Å². The first kappa shape index (κ1) is 17.4. The molecule has 0 radical (unpaired) electrons. The Balaban J connectivity index is 1.41. The maximum atomic E-state index is 13.0. The lowest BCUT2D eigenvalue weighted by Crippen LogP contribution is -2.38. The molecule has 0 atom stereocenters. The molecule has 5 heteroatoms. The van der Waals surface area contributed by atoms with Crippen molar-refractivity contribution in [3.63, 3.8) is 0 Å². The maximum absolute atomic E-state index is 13.0. The van der Waals surface area contributed by atoms with Crippen molar-refractivity contribution < 1.29 is 4.39 Å². The number of pyridine rings is 1. The Labute approximate surface area is 158 Å². The number of nitrogens with zero attached hydrogens (tertiary/aromatic N) is 3. The third kappa shape index (κ3) is 4.07. The van der Waals surface area contributed by atoms with Gasteiger partial charge in [-0.1, -0.05) is 30.3 Å². The smallest absolute Gasteiger partial charge is 0.143 e. The lowest BCUT2D eigenvalue weighted by molar-refractivity contribution is 0.211. The number of piperidine rings is 1. The van der Waals surface area contributed by atoms with Crippen LogP contribution in [0.2, 0.25) is 0 Å². The average molecular weight is 360 g/mol. The van der Waals surface area contributed by atoms with E-state index in [0.717, 1.165) is 54.6 Å². The van der Waals surface area contributed by atoms with Crippen molar-refractivity contribution in [1.82, 2.24) is 9.88 Å². The van der Waals surface area contributed by atoms with Crippen LogP contribution in [0.1, 0.15) is 24.1 Å². The van der Waals surface area contributed by atoms with Crippen molar-refractivity contribution in [2.24, 2.45) is 0 Å². The number of likely N-dealkylation sites (tertiary alicyclic amines) is 1. The zero-order valence-corrected chi connectivity index (χ0v) is 15.0. The Morgan fingerprint density at radius 3 is 2.59 bits per heavy atom. The van der Waals surface area contributed by atoms with Crippen LogP contribution in [0.25, 0.3) is 10.9 Å². The first-order chi connectivity index (χ1) is 13.2. The van der Waals surface area contributed by atoms with Gasteiger partial charge in [-0.05, 0) is 42.7 Å². The third-order valence-corrected chi connectivity index (χ3v) is 5.10. The van der Waals surface area contributed by atoms with Gasteiger partial charge in [-0.25, -0.2) is 9.37 Å². The molecule has 1 aliphatic rings. The van der Waals surface area contributed by atoms with Crippen molar-refractivity contribution in [2.75, 3.05) is 18.4 Å². The fourth-order valence-corrected chi connectivity index (χ4v) is 3.66. The molecule has 2 heterocycles. The Kier molecular flexibility index (Phi) is 4.99. The highest BCUT2D eigenvalue weighted by Crippen LogP contribution is 2.26. The minimum atomic E-state index is -0.192. The van der Waals surface area contributed by atoms with Crippen LogP contribution in [0.4, 0.5) is 10.1 Å². The number of fused-ring (bicyclic) bond motifs is 1. The summed E-state index contributed by atoms with van der Waals surface area (Å²) < 4.78 is 13.0. The number of hydrogen-bond donors (Lipinski definition) is 1. The number of benzene rings is 2. The Morgan fingerprint density at radius 1 is 1.11 bits per heavy atom. The summed E-state index contributed by atoms with van der Waals surface area (Å²) in [5.74, 6) is -0.192. The highest BCUT2D eigenvalue weighted by molar-refractivity contribution is 5.91. The number of para-hydroxylation sites is 1. The van der Waals surface area contributed by atoms with Crippen LogP contribution < -0.4 is 5.32 Å². The van der Waals surface area contributed by atoms with Crippen molar-refractivity contribution in [2.45, 2.75) is 25.4 Å². The lowest BCUT2D eigenvalue weighted by Gasteiger charge is -2.33. The molecule has 1 saturated heterocycles. The number of nitriles is 1. The minimum absolute atomic E-state index is 0.192. The van der Waals surface area contributed by atoms with Gasteiger partial charge in [-0.3, -0.25) is 4.90 Å². The highest BCUT2D eigenvalue weighted by atomic mass is 19.1. The number of aromatic nitrogens is 1. The molecule has 1 fully saturated rings. The number of hydrogen-bond acceptors (Lipinski definition) is 4. The molecular weight excluding hydrogens is 339 g/mol. The van der Waals surface area contributed by atoms with E-state index in [1.165, 1.54) is 12.1 Å². The first-order valence-electron chi connectivity index (χ1n) is 9.24. The SMILES string of the molecule is N#Cc1cc(NC2CCN(Cc3ccc(F)cc3)CC2)c2ccccc2n1. The van der Waals surface area contributed by atoms with Crippen LogP contribution in [-0.2, 0) is 6.54 Å². The Hall–Kier alpha value is -2.97. The molecule has 0 unspecified atom stereocenters. The molecule has 4 rings (SSSR count). The zero-order valence-electron chi connectivity index (χ0n) is 15.0. The van der Waals surface area contributed by atoms with Gasteiger partial charge in [0, 0.05) is 36.7 Å². The van der Waals surface area contributed by atoms with Gasteiger partial charge < -0.3 is 5.32 Å². The molecule has 0 aliphatic carbocycles. The van der Waals surface area contributed by atoms with Crippen LogP contribution in [0.5, 0.6) is 0 Å². The summed E-state index contributed by atoms with van der Waals surface area (Å²) in [7, 11) is 0. The van der Waals surface area contributed by atoms with Crippen LogP contribution in [-0.4, -0.2) is 29.0 Å². The second-order valence-electron chi connectivity index (χ2n) is 7.01. The van der Waals surface area contributed by atoms with E-state index in [9.17, 15) is 9.65 Å². The van der Waals surface area contributed by atoms with Crippen LogP contribution in [0, 0.1) is 17.1 Å². The van der Waals surface area contributed by atoms with Crippen LogP contribution in [0.3, 0.4) is 0 Å². The topological polar surface area (TPSA) is 52.0 Å². The summed E-state index contributed by atoms with van der Waals surface area (Å²) in [6.45, 7) is 2.83. The molecule has 3 aromatic rings. The molecule has 0 saturated carbocycles. The number of nitrogens with one attached hydrogen (secondary N) is 1. The quantitative estimate of drug-likeness (QED) is 0.753. The average Bonchev–Trinajstić information content (AvgIpc) is 2.71.